The van der Waals surface area contributed by atoms with Crippen LogP contribution in [0.2, 0.25) is 0 Å². The highest BCUT2D eigenvalue weighted by Crippen LogP contribution is 2.55. The monoisotopic (exact) mass is 386 g/mol. The Labute approximate surface area is 147 Å². The molecule has 1 aliphatic heterocycles. The van der Waals surface area contributed by atoms with Crippen LogP contribution in [-0.4, -0.2) is 17.2 Å². The Kier molecular flexibility index (Phi) is 5.30. The minimum atomic E-state index is -1.45. The van der Waals surface area contributed by atoms with Crippen LogP contribution in [0.1, 0.15) is 36.8 Å². The van der Waals surface area contributed by atoms with Crippen molar-refractivity contribution in [3.05, 3.63) is 34.4 Å². The molecule has 1 saturated carbocycles. The summed E-state index contributed by atoms with van der Waals surface area (Å²) in [5.74, 6) is -6.17. The maximum absolute atomic E-state index is 14.2. The molecule has 3 rings (SSSR count). The van der Waals surface area contributed by atoms with Crippen LogP contribution >= 0.6 is 23.2 Å². The molecule has 134 valence electrons. The summed E-state index contributed by atoms with van der Waals surface area (Å²) in [7, 11) is 0. The second kappa shape index (κ2) is 6.98. The van der Waals surface area contributed by atoms with Gasteiger partial charge in [-0.1, -0.05) is 0 Å². The van der Waals surface area contributed by atoms with Crippen LogP contribution in [0.5, 0.6) is 0 Å². The Morgan fingerprint density at radius 3 is 2.08 bits per heavy atom. The van der Waals surface area contributed by atoms with E-state index in [1.54, 1.807) is 0 Å². The van der Waals surface area contributed by atoms with Crippen LogP contribution in [0.3, 0.4) is 0 Å². The fraction of sp³-hybridized carbons (Fsp3) is 0.625. The normalized spacial score (nSPS) is 25.8. The van der Waals surface area contributed by atoms with Gasteiger partial charge in [0.2, 0.25) is 0 Å². The lowest BCUT2D eigenvalue weighted by Gasteiger charge is -2.23. The molecule has 24 heavy (non-hydrogen) atoms. The molecule has 8 heteroatoms. The molecule has 1 aliphatic carbocycles. The van der Waals surface area contributed by atoms with E-state index in [2.05, 4.69) is 0 Å². The number of halogens is 6. The van der Waals surface area contributed by atoms with Gasteiger partial charge in [-0.25, -0.2) is 17.6 Å². The predicted molar refractivity (Wildman–Crippen MR) is 80.9 cm³/mol. The van der Waals surface area contributed by atoms with E-state index in [0.717, 1.165) is 12.8 Å². The molecule has 0 amide bonds. The number of rotatable bonds is 5. The predicted octanol–water partition coefficient (Wildman–Crippen LogP) is 5.02. The van der Waals surface area contributed by atoms with Crippen molar-refractivity contribution in [3.63, 3.8) is 0 Å². The Balaban J connectivity index is 1.77. The first-order valence-corrected chi connectivity index (χ1v) is 8.51. The third-order valence-corrected chi connectivity index (χ3v) is 5.33. The van der Waals surface area contributed by atoms with Crippen LogP contribution in [0.15, 0.2) is 0 Å². The number of ether oxygens (including phenoxy) is 2. The zero-order chi connectivity index (χ0) is 17.5. The number of hydrogen-bond acceptors (Lipinski definition) is 2. The van der Waals surface area contributed by atoms with E-state index < -0.39 is 57.5 Å². The lowest BCUT2D eigenvalue weighted by molar-refractivity contribution is -0.169. The van der Waals surface area contributed by atoms with Gasteiger partial charge >= 0.3 is 0 Å². The van der Waals surface area contributed by atoms with E-state index in [1.165, 1.54) is 0 Å². The molecule has 0 spiro atoms. The molecule has 1 aromatic rings. The summed E-state index contributed by atoms with van der Waals surface area (Å²) in [6.07, 6.45) is 1.75. The average Bonchev–Trinajstić information content (AvgIpc) is 3.17. The van der Waals surface area contributed by atoms with Crippen LogP contribution in [-0.2, 0) is 22.5 Å². The van der Waals surface area contributed by atoms with E-state index in [9.17, 15) is 17.6 Å². The highest BCUT2D eigenvalue weighted by atomic mass is 35.5. The van der Waals surface area contributed by atoms with Crippen molar-refractivity contribution < 1.29 is 27.0 Å². The average molecular weight is 387 g/mol. The molecule has 0 N–H and O–H groups in total. The van der Waals surface area contributed by atoms with Crippen LogP contribution in [0.4, 0.5) is 17.6 Å². The van der Waals surface area contributed by atoms with E-state index in [0.29, 0.717) is 19.4 Å². The number of alkyl halides is 2. The molecule has 0 radical (unpaired) electrons. The van der Waals surface area contributed by atoms with Crippen molar-refractivity contribution >= 4 is 23.2 Å². The quantitative estimate of drug-likeness (QED) is 0.401. The maximum Gasteiger partial charge on any atom is 0.167 e. The van der Waals surface area contributed by atoms with Gasteiger partial charge in [-0.05, 0) is 38.0 Å². The van der Waals surface area contributed by atoms with Gasteiger partial charge in [0.1, 0.15) is 4.33 Å². The van der Waals surface area contributed by atoms with E-state index >= 15 is 0 Å². The molecule has 2 aliphatic rings. The van der Waals surface area contributed by atoms with Crippen molar-refractivity contribution in [2.24, 2.45) is 5.92 Å². The summed E-state index contributed by atoms with van der Waals surface area (Å²) in [5.41, 5.74) is -1.45. The Morgan fingerprint density at radius 2 is 1.58 bits per heavy atom. The summed E-state index contributed by atoms with van der Waals surface area (Å²) in [4.78, 5) is 0. The van der Waals surface area contributed by atoms with Gasteiger partial charge in [0.15, 0.2) is 29.6 Å². The molecule has 1 saturated heterocycles. The van der Waals surface area contributed by atoms with Crippen molar-refractivity contribution in [2.45, 2.75) is 49.3 Å². The molecule has 2 atom stereocenters. The van der Waals surface area contributed by atoms with Crippen molar-refractivity contribution in [3.8, 4) is 0 Å². The second-order valence-corrected chi connectivity index (χ2v) is 7.73. The molecule has 2 nitrogen and oxygen atoms in total. The SMILES string of the molecule is Fc1c(F)c(CC2CC2(Cl)Cl)c(F)c(F)c1COC1CCCCO1. The van der Waals surface area contributed by atoms with Crippen LogP contribution in [0, 0.1) is 29.2 Å². The van der Waals surface area contributed by atoms with Crippen molar-refractivity contribution in [1.29, 1.82) is 0 Å². The molecule has 1 heterocycles. The van der Waals surface area contributed by atoms with Gasteiger partial charge in [0.05, 0.1) is 12.2 Å². The summed E-state index contributed by atoms with van der Waals surface area (Å²) in [6.45, 7) is -0.119. The Bertz CT molecular complexity index is 604. The van der Waals surface area contributed by atoms with Crippen molar-refractivity contribution in [2.75, 3.05) is 6.61 Å². The molecule has 0 bridgehead atoms. The highest BCUT2D eigenvalue weighted by Gasteiger charge is 2.52. The first-order valence-electron chi connectivity index (χ1n) is 7.76. The largest absolute Gasteiger partial charge is 0.353 e. The molecular formula is C16H16Cl2F4O2. The van der Waals surface area contributed by atoms with Gasteiger partial charge in [0.25, 0.3) is 0 Å². The fourth-order valence-electron chi connectivity index (χ4n) is 2.78. The number of benzene rings is 1. The lowest BCUT2D eigenvalue weighted by Crippen LogP contribution is -2.23. The fourth-order valence-corrected chi connectivity index (χ4v) is 3.31. The Hall–Kier alpha value is -0.560. The third-order valence-electron chi connectivity index (χ3n) is 4.40. The standard InChI is InChI=1S/C16H16Cl2F4O2/c17-16(18)6-8(16)5-9-12(19)14(21)10(15(22)13(9)20)7-24-11-3-1-2-4-23-11/h8,11H,1-7H2. The summed E-state index contributed by atoms with van der Waals surface area (Å²) in [6, 6.07) is 0. The van der Waals surface area contributed by atoms with Gasteiger partial charge in [-0.2, -0.15) is 0 Å². The molecular weight excluding hydrogens is 371 g/mol. The minimum absolute atomic E-state index is 0.259. The second-order valence-electron chi connectivity index (χ2n) is 6.19. The molecule has 1 aromatic carbocycles. The van der Waals surface area contributed by atoms with Gasteiger partial charge in [-0.3, -0.25) is 0 Å². The highest BCUT2D eigenvalue weighted by molar-refractivity contribution is 6.50. The molecule has 2 fully saturated rings. The summed E-state index contributed by atoms with van der Waals surface area (Å²) < 4.78 is 66.0. The Morgan fingerprint density at radius 1 is 1.00 bits per heavy atom. The zero-order valence-electron chi connectivity index (χ0n) is 12.7. The zero-order valence-corrected chi connectivity index (χ0v) is 14.2. The van der Waals surface area contributed by atoms with Crippen LogP contribution < -0.4 is 0 Å². The smallest absolute Gasteiger partial charge is 0.167 e. The van der Waals surface area contributed by atoms with Gasteiger partial charge in [-0.15, -0.1) is 23.2 Å². The third kappa shape index (κ3) is 3.66. The van der Waals surface area contributed by atoms with E-state index in [4.69, 9.17) is 32.7 Å². The molecule has 0 aromatic heterocycles. The van der Waals surface area contributed by atoms with Gasteiger partial charge < -0.3 is 9.47 Å². The first-order chi connectivity index (χ1) is 11.3. The topological polar surface area (TPSA) is 18.5 Å². The van der Waals surface area contributed by atoms with E-state index in [1.807, 2.05) is 0 Å². The lowest BCUT2D eigenvalue weighted by atomic mass is 10.0. The first kappa shape index (κ1) is 18.2. The minimum Gasteiger partial charge on any atom is -0.353 e. The molecule has 2 unspecified atom stereocenters. The van der Waals surface area contributed by atoms with Crippen molar-refractivity contribution in [1.82, 2.24) is 0 Å². The van der Waals surface area contributed by atoms with Gasteiger partial charge in [0, 0.05) is 12.2 Å². The maximum atomic E-state index is 14.2. The van der Waals surface area contributed by atoms with Crippen LogP contribution in [0.25, 0.3) is 0 Å². The van der Waals surface area contributed by atoms with E-state index in [-0.39, 0.29) is 6.42 Å². The summed E-state index contributed by atoms with van der Waals surface area (Å²) in [5, 5.41) is 0. The summed E-state index contributed by atoms with van der Waals surface area (Å²) >= 11 is 11.6. The number of hydrogen-bond donors (Lipinski definition) is 0.